The highest BCUT2D eigenvalue weighted by Crippen LogP contribution is 2.29. The van der Waals surface area contributed by atoms with Crippen molar-refractivity contribution in [3.05, 3.63) is 53.6 Å². The standard InChI is InChI=1S/C25H33N3O4/c1-17(2)12-14-32-22-11-10-18(15-23(22)31-3)25(30)27-20-8-5-4-7-19(20)16-28-13-6-9-21(28)24(26)29/h4-5,7-8,10-11,15,17,21H,6,9,12-14,16H2,1-3H3,(H2,26,29)(H,27,30). The van der Waals surface area contributed by atoms with E-state index in [1.54, 1.807) is 25.3 Å². The Bertz CT molecular complexity index is 945. The van der Waals surface area contributed by atoms with Crippen molar-refractivity contribution < 1.29 is 19.1 Å². The summed E-state index contributed by atoms with van der Waals surface area (Å²) in [6, 6.07) is 12.5. The number of amides is 2. The minimum atomic E-state index is -0.299. The van der Waals surface area contributed by atoms with Gasteiger partial charge in [-0.05, 0) is 61.6 Å². The fourth-order valence-corrected chi connectivity index (χ4v) is 3.86. The number of para-hydroxylation sites is 1. The summed E-state index contributed by atoms with van der Waals surface area (Å²) >= 11 is 0. The van der Waals surface area contributed by atoms with Crippen LogP contribution in [0, 0.1) is 5.92 Å². The highest BCUT2D eigenvalue weighted by molar-refractivity contribution is 6.05. The van der Waals surface area contributed by atoms with Crippen molar-refractivity contribution in [1.82, 2.24) is 4.90 Å². The number of hydrogen-bond donors (Lipinski definition) is 2. The van der Waals surface area contributed by atoms with Crippen molar-refractivity contribution in [2.45, 2.75) is 45.7 Å². The molecule has 0 radical (unpaired) electrons. The molecule has 0 spiro atoms. The van der Waals surface area contributed by atoms with Crippen molar-refractivity contribution in [3.63, 3.8) is 0 Å². The monoisotopic (exact) mass is 439 g/mol. The van der Waals surface area contributed by atoms with Crippen LogP contribution in [0.25, 0.3) is 0 Å². The van der Waals surface area contributed by atoms with Gasteiger partial charge in [0.2, 0.25) is 5.91 Å². The minimum absolute atomic E-state index is 0.239. The third-order valence-electron chi connectivity index (χ3n) is 5.71. The summed E-state index contributed by atoms with van der Waals surface area (Å²) in [6.45, 7) is 6.24. The second kappa shape index (κ2) is 11.0. The number of anilines is 1. The van der Waals surface area contributed by atoms with Gasteiger partial charge >= 0.3 is 0 Å². The van der Waals surface area contributed by atoms with E-state index in [9.17, 15) is 9.59 Å². The van der Waals surface area contributed by atoms with Gasteiger partial charge in [0.1, 0.15) is 0 Å². The molecule has 2 aromatic carbocycles. The van der Waals surface area contributed by atoms with Gasteiger partial charge in [0.25, 0.3) is 5.91 Å². The highest BCUT2D eigenvalue weighted by Gasteiger charge is 2.29. The normalized spacial score (nSPS) is 16.2. The van der Waals surface area contributed by atoms with Gasteiger partial charge in [0, 0.05) is 17.8 Å². The first-order valence-electron chi connectivity index (χ1n) is 11.1. The van der Waals surface area contributed by atoms with E-state index < -0.39 is 0 Å². The van der Waals surface area contributed by atoms with E-state index in [0.29, 0.717) is 41.8 Å². The van der Waals surface area contributed by atoms with Gasteiger partial charge < -0.3 is 20.5 Å². The molecule has 1 unspecified atom stereocenters. The number of likely N-dealkylation sites (tertiary alicyclic amines) is 1. The van der Waals surface area contributed by atoms with Gasteiger partial charge in [-0.15, -0.1) is 0 Å². The predicted molar refractivity (Wildman–Crippen MR) is 125 cm³/mol. The van der Waals surface area contributed by atoms with Crippen LogP contribution in [0.15, 0.2) is 42.5 Å². The second-order valence-corrected chi connectivity index (χ2v) is 8.54. The molecule has 0 aliphatic carbocycles. The largest absolute Gasteiger partial charge is 0.493 e. The number of hydrogen-bond acceptors (Lipinski definition) is 5. The molecule has 1 atom stereocenters. The summed E-state index contributed by atoms with van der Waals surface area (Å²) in [7, 11) is 1.56. The number of carbonyl (C=O) groups is 2. The summed E-state index contributed by atoms with van der Waals surface area (Å²) in [5.41, 5.74) is 7.68. The Morgan fingerprint density at radius 1 is 1.19 bits per heavy atom. The smallest absolute Gasteiger partial charge is 0.255 e. The van der Waals surface area contributed by atoms with Crippen LogP contribution in [0.5, 0.6) is 11.5 Å². The van der Waals surface area contributed by atoms with Crippen molar-refractivity contribution in [1.29, 1.82) is 0 Å². The number of methoxy groups -OCH3 is 1. The molecule has 3 rings (SSSR count). The van der Waals surface area contributed by atoms with Gasteiger partial charge in [0.15, 0.2) is 11.5 Å². The molecule has 2 aromatic rings. The Morgan fingerprint density at radius 3 is 2.69 bits per heavy atom. The Hall–Kier alpha value is -3.06. The van der Waals surface area contributed by atoms with E-state index in [-0.39, 0.29) is 17.9 Å². The number of nitrogens with two attached hydrogens (primary N) is 1. The van der Waals surface area contributed by atoms with Crippen molar-refractivity contribution in [2.24, 2.45) is 11.7 Å². The maximum absolute atomic E-state index is 13.0. The van der Waals surface area contributed by atoms with Crippen LogP contribution in [0.2, 0.25) is 0 Å². The summed E-state index contributed by atoms with van der Waals surface area (Å²) in [5.74, 6) is 1.15. The molecule has 0 aromatic heterocycles. The lowest BCUT2D eigenvalue weighted by molar-refractivity contribution is -0.122. The molecule has 7 nitrogen and oxygen atoms in total. The fraction of sp³-hybridized carbons (Fsp3) is 0.440. The minimum Gasteiger partial charge on any atom is -0.493 e. The maximum Gasteiger partial charge on any atom is 0.255 e. The number of benzene rings is 2. The third-order valence-corrected chi connectivity index (χ3v) is 5.71. The quantitative estimate of drug-likeness (QED) is 0.587. The van der Waals surface area contributed by atoms with Crippen molar-refractivity contribution in [3.8, 4) is 11.5 Å². The predicted octanol–water partition coefficient (Wildman–Crippen LogP) is 3.82. The van der Waals surface area contributed by atoms with E-state index >= 15 is 0 Å². The fourth-order valence-electron chi connectivity index (χ4n) is 3.86. The lowest BCUT2D eigenvalue weighted by Crippen LogP contribution is -2.39. The maximum atomic E-state index is 13.0. The summed E-state index contributed by atoms with van der Waals surface area (Å²) in [5, 5.41) is 3.00. The molecule has 0 saturated carbocycles. The number of rotatable bonds is 10. The van der Waals surface area contributed by atoms with Crippen molar-refractivity contribution >= 4 is 17.5 Å². The average molecular weight is 440 g/mol. The average Bonchev–Trinajstić information content (AvgIpc) is 3.23. The summed E-state index contributed by atoms with van der Waals surface area (Å²) in [4.78, 5) is 26.8. The molecular weight excluding hydrogens is 406 g/mol. The first-order valence-corrected chi connectivity index (χ1v) is 11.1. The SMILES string of the molecule is COc1cc(C(=O)Nc2ccccc2CN2CCCC2C(N)=O)ccc1OCCC(C)C. The Kier molecular flexibility index (Phi) is 8.11. The van der Waals surface area contributed by atoms with Crippen LogP contribution in [-0.2, 0) is 11.3 Å². The molecule has 32 heavy (non-hydrogen) atoms. The molecule has 1 fully saturated rings. The van der Waals surface area contributed by atoms with Crippen LogP contribution in [0.4, 0.5) is 5.69 Å². The number of ether oxygens (including phenoxy) is 2. The van der Waals surface area contributed by atoms with Gasteiger partial charge in [-0.25, -0.2) is 0 Å². The Balaban J connectivity index is 1.71. The molecule has 172 valence electrons. The molecule has 2 amide bonds. The van der Waals surface area contributed by atoms with E-state index in [2.05, 4.69) is 24.1 Å². The van der Waals surface area contributed by atoms with E-state index in [0.717, 1.165) is 31.4 Å². The summed E-state index contributed by atoms with van der Waals surface area (Å²) < 4.78 is 11.2. The number of nitrogens with one attached hydrogen (secondary N) is 1. The molecule has 0 bridgehead atoms. The van der Waals surface area contributed by atoms with Crippen LogP contribution in [0.1, 0.15) is 49.0 Å². The van der Waals surface area contributed by atoms with Crippen LogP contribution in [-0.4, -0.2) is 43.0 Å². The summed E-state index contributed by atoms with van der Waals surface area (Å²) in [6.07, 6.45) is 2.65. The van der Waals surface area contributed by atoms with Gasteiger partial charge in [0.05, 0.1) is 19.8 Å². The van der Waals surface area contributed by atoms with Gasteiger partial charge in [-0.3, -0.25) is 14.5 Å². The highest BCUT2D eigenvalue weighted by atomic mass is 16.5. The molecular formula is C25H33N3O4. The second-order valence-electron chi connectivity index (χ2n) is 8.54. The molecule has 1 aliphatic heterocycles. The number of carbonyl (C=O) groups excluding carboxylic acids is 2. The Labute approximate surface area is 189 Å². The van der Waals surface area contributed by atoms with Crippen LogP contribution >= 0.6 is 0 Å². The number of primary amides is 1. The van der Waals surface area contributed by atoms with Crippen LogP contribution in [0.3, 0.4) is 0 Å². The van der Waals surface area contributed by atoms with Gasteiger partial charge in [-0.2, -0.15) is 0 Å². The molecule has 1 saturated heterocycles. The zero-order valence-corrected chi connectivity index (χ0v) is 19.1. The zero-order valence-electron chi connectivity index (χ0n) is 19.1. The lowest BCUT2D eigenvalue weighted by atomic mass is 10.1. The van der Waals surface area contributed by atoms with E-state index in [1.165, 1.54) is 0 Å². The Morgan fingerprint density at radius 2 is 1.97 bits per heavy atom. The topological polar surface area (TPSA) is 93.9 Å². The first-order chi connectivity index (χ1) is 15.4. The molecule has 7 heteroatoms. The van der Waals surface area contributed by atoms with Crippen molar-refractivity contribution in [2.75, 3.05) is 25.6 Å². The van der Waals surface area contributed by atoms with Crippen LogP contribution < -0.4 is 20.5 Å². The lowest BCUT2D eigenvalue weighted by Gasteiger charge is -2.23. The number of nitrogens with zero attached hydrogens (tertiary/aromatic N) is 1. The zero-order chi connectivity index (χ0) is 23.1. The molecule has 1 heterocycles. The first kappa shape index (κ1) is 23.6. The molecule has 3 N–H and O–H groups in total. The van der Waals surface area contributed by atoms with E-state index in [1.807, 2.05) is 24.3 Å². The molecule has 1 aliphatic rings. The van der Waals surface area contributed by atoms with Gasteiger partial charge in [-0.1, -0.05) is 32.0 Å². The van der Waals surface area contributed by atoms with E-state index in [4.69, 9.17) is 15.2 Å². The third kappa shape index (κ3) is 6.01.